The summed E-state index contributed by atoms with van der Waals surface area (Å²) in [6, 6.07) is 10.2. The molecule has 1 amide bonds. The maximum Gasteiger partial charge on any atom is 0.335 e. The van der Waals surface area contributed by atoms with E-state index >= 15 is 0 Å². The highest BCUT2D eigenvalue weighted by molar-refractivity contribution is 6.00. The molecule has 25 heavy (non-hydrogen) atoms. The third-order valence-electron chi connectivity index (χ3n) is 3.51. The van der Waals surface area contributed by atoms with Crippen LogP contribution in [0.15, 0.2) is 42.5 Å². The third-order valence-corrected chi connectivity index (χ3v) is 3.51. The van der Waals surface area contributed by atoms with E-state index in [1.54, 1.807) is 24.3 Å². The second kappa shape index (κ2) is 7.96. The molecule has 2 rings (SSSR count). The Morgan fingerprint density at radius 3 is 2.20 bits per heavy atom. The minimum Gasteiger partial charge on any atom is -0.506 e. The van der Waals surface area contributed by atoms with E-state index in [1.165, 1.54) is 19.2 Å². The first kappa shape index (κ1) is 18.0. The zero-order chi connectivity index (χ0) is 18.4. The van der Waals surface area contributed by atoms with E-state index in [0.717, 1.165) is 6.07 Å². The van der Waals surface area contributed by atoms with Crippen LogP contribution in [0.5, 0.6) is 11.5 Å². The number of amides is 1. The smallest absolute Gasteiger partial charge is 0.335 e. The number of rotatable bonds is 7. The molecule has 2 aromatic rings. The van der Waals surface area contributed by atoms with Crippen LogP contribution in [0.1, 0.15) is 33.6 Å². The number of carbonyl (C=O) groups is 3. The van der Waals surface area contributed by atoms with Gasteiger partial charge in [0.15, 0.2) is 5.78 Å². The van der Waals surface area contributed by atoms with Crippen molar-refractivity contribution >= 4 is 23.3 Å². The number of carboxylic acids is 1. The molecule has 0 aromatic heterocycles. The summed E-state index contributed by atoms with van der Waals surface area (Å²) in [6.45, 7) is 0. The minimum atomic E-state index is -1.18. The van der Waals surface area contributed by atoms with Crippen molar-refractivity contribution < 1.29 is 29.3 Å². The first-order valence-electron chi connectivity index (χ1n) is 7.44. The predicted molar refractivity (Wildman–Crippen MR) is 90.3 cm³/mol. The van der Waals surface area contributed by atoms with Crippen molar-refractivity contribution in [1.29, 1.82) is 0 Å². The number of hydrogen-bond donors (Lipinski definition) is 3. The summed E-state index contributed by atoms with van der Waals surface area (Å²) < 4.78 is 5.01. The lowest BCUT2D eigenvalue weighted by atomic mass is 10.1. The molecule has 7 heteroatoms. The average Bonchev–Trinajstić information content (AvgIpc) is 2.61. The van der Waals surface area contributed by atoms with E-state index in [2.05, 4.69) is 5.32 Å². The molecule has 0 bridgehead atoms. The lowest BCUT2D eigenvalue weighted by molar-refractivity contribution is -0.116. The number of anilines is 1. The van der Waals surface area contributed by atoms with Gasteiger partial charge in [-0.1, -0.05) is 0 Å². The number of benzene rings is 2. The fourth-order valence-electron chi connectivity index (χ4n) is 2.13. The summed E-state index contributed by atoms with van der Waals surface area (Å²) in [7, 11) is 1.53. The van der Waals surface area contributed by atoms with Crippen LogP contribution in [0.25, 0.3) is 0 Å². The van der Waals surface area contributed by atoms with E-state index in [-0.39, 0.29) is 35.6 Å². The summed E-state index contributed by atoms with van der Waals surface area (Å²) in [5.41, 5.74) is 0.472. The molecule has 0 heterocycles. The van der Waals surface area contributed by atoms with Crippen LogP contribution in [-0.4, -0.2) is 35.0 Å². The largest absolute Gasteiger partial charge is 0.506 e. The number of methoxy groups -OCH3 is 1. The molecule has 130 valence electrons. The van der Waals surface area contributed by atoms with Crippen molar-refractivity contribution in [2.75, 3.05) is 12.4 Å². The van der Waals surface area contributed by atoms with Crippen LogP contribution >= 0.6 is 0 Å². The molecule has 0 saturated carbocycles. The SMILES string of the molecule is COc1ccc(C(=O)CCC(=O)Nc2ccc(C(=O)O)cc2O)cc1. The number of phenols is 1. The maximum atomic E-state index is 12.1. The zero-order valence-electron chi connectivity index (χ0n) is 13.5. The van der Waals surface area contributed by atoms with Crippen LogP contribution in [0.4, 0.5) is 5.69 Å². The Morgan fingerprint density at radius 2 is 1.64 bits per heavy atom. The van der Waals surface area contributed by atoms with E-state index < -0.39 is 11.9 Å². The Balaban J connectivity index is 1.91. The molecule has 0 saturated heterocycles. The van der Waals surface area contributed by atoms with Gasteiger partial charge in [-0.15, -0.1) is 0 Å². The predicted octanol–water partition coefficient (Wildman–Crippen LogP) is 2.70. The van der Waals surface area contributed by atoms with Gasteiger partial charge < -0.3 is 20.3 Å². The fraction of sp³-hybridized carbons (Fsp3) is 0.167. The van der Waals surface area contributed by atoms with E-state index in [1.807, 2.05) is 0 Å². The molecule has 0 aliphatic rings. The van der Waals surface area contributed by atoms with Crippen LogP contribution in [0.3, 0.4) is 0 Å². The van der Waals surface area contributed by atoms with Crippen molar-refractivity contribution in [3.05, 3.63) is 53.6 Å². The zero-order valence-corrected chi connectivity index (χ0v) is 13.5. The van der Waals surface area contributed by atoms with Crippen molar-refractivity contribution in [2.24, 2.45) is 0 Å². The van der Waals surface area contributed by atoms with Crippen molar-refractivity contribution in [2.45, 2.75) is 12.8 Å². The Labute approximate surface area is 143 Å². The molecule has 0 aliphatic carbocycles. The van der Waals surface area contributed by atoms with E-state index in [4.69, 9.17) is 9.84 Å². The highest BCUT2D eigenvalue weighted by Crippen LogP contribution is 2.24. The molecule has 0 atom stereocenters. The van der Waals surface area contributed by atoms with Gasteiger partial charge in [-0.25, -0.2) is 4.79 Å². The van der Waals surface area contributed by atoms with Gasteiger partial charge in [-0.3, -0.25) is 9.59 Å². The number of carboxylic acid groups (broad SMARTS) is 1. The summed E-state index contributed by atoms with van der Waals surface area (Å²) in [5, 5.41) is 21.0. The van der Waals surface area contributed by atoms with E-state index in [0.29, 0.717) is 11.3 Å². The highest BCUT2D eigenvalue weighted by Gasteiger charge is 2.13. The van der Waals surface area contributed by atoms with Gasteiger partial charge in [0.2, 0.25) is 5.91 Å². The molecule has 2 aromatic carbocycles. The number of carbonyl (C=O) groups excluding carboxylic acids is 2. The second-order valence-corrected chi connectivity index (χ2v) is 5.24. The number of ketones is 1. The minimum absolute atomic E-state index is 0.00608. The van der Waals surface area contributed by atoms with Crippen molar-refractivity contribution in [1.82, 2.24) is 0 Å². The molecule has 0 aliphatic heterocycles. The van der Waals surface area contributed by atoms with Gasteiger partial charge in [-0.2, -0.15) is 0 Å². The van der Waals surface area contributed by atoms with Gasteiger partial charge in [0, 0.05) is 18.4 Å². The van der Waals surface area contributed by atoms with Crippen LogP contribution in [0.2, 0.25) is 0 Å². The number of nitrogens with one attached hydrogen (secondary N) is 1. The van der Waals surface area contributed by atoms with Gasteiger partial charge in [0.1, 0.15) is 11.5 Å². The number of Topliss-reactive ketones (excluding diaryl/α,β-unsaturated/α-hetero) is 1. The van der Waals surface area contributed by atoms with Gasteiger partial charge >= 0.3 is 5.97 Å². The maximum absolute atomic E-state index is 12.1. The van der Waals surface area contributed by atoms with Gasteiger partial charge in [0.05, 0.1) is 18.4 Å². The number of aromatic hydroxyl groups is 1. The normalized spacial score (nSPS) is 10.1. The van der Waals surface area contributed by atoms with Crippen LogP contribution in [0, 0.1) is 0 Å². The number of ether oxygens (including phenoxy) is 1. The van der Waals surface area contributed by atoms with Gasteiger partial charge in [0.25, 0.3) is 0 Å². The first-order valence-corrected chi connectivity index (χ1v) is 7.44. The third kappa shape index (κ3) is 4.81. The van der Waals surface area contributed by atoms with Crippen LogP contribution in [-0.2, 0) is 4.79 Å². The molecule has 7 nitrogen and oxygen atoms in total. The second-order valence-electron chi connectivity index (χ2n) is 5.24. The Bertz CT molecular complexity index is 798. The first-order chi connectivity index (χ1) is 11.9. The summed E-state index contributed by atoms with van der Waals surface area (Å²) >= 11 is 0. The molecule has 0 spiro atoms. The monoisotopic (exact) mass is 343 g/mol. The summed E-state index contributed by atoms with van der Waals surface area (Å²) in [6.07, 6.45) is -0.0584. The van der Waals surface area contributed by atoms with E-state index in [9.17, 15) is 19.5 Å². The molecule has 0 fully saturated rings. The molecule has 3 N–H and O–H groups in total. The van der Waals surface area contributed by atoms with Gasteiger partial charge in [-0.05, 0) is 42.5 Å². The summed E-state index contributed by atoms with van der Waals surface area (Å²) in [4.78, 5) is 34.8. The summed E-state index contributed by atoms with van der Waals surface area (Å²) in [5.74, 6) is -1.55. The molecular weight excluding hydrogens is 326 g/mol. The molecule has 0 unspecified atom stereocenters. The highest BCUT2D eigenvalue weighted by atomic mass is 16.5. The number of hydrogen-bond acceptors (Lipinski definition) is 5. The number of aromatic carboxylic acids is 1. The standard InChI is InChI=1S/C18H17NO6/c1-25-13-5-2-11(3-6-13)15(20)8-9-17(22)19-14-7-4-12(18(23)24)10-16(14)21/h2-7,10,21H,8-9H2,1H3,(H,19,22)(H,23,24). The quantitative estimate of drug-likeness (QED) is 0.526. The lowest BCUT2D eigenvalue weighted by Crippen LogP contribution is -2.14. The van der Waals surface area contributed by atoms with Crippen molar-refractivity contribution in [3.63, 3.8) is 0 Å². The Kier molecular flexibility index (Phi) is 5.73. The topological polar surface area (TPSA) is 113 Å². The van der Waals surface area contributed by atoms with Crippen LogP contribution < -0.4 is 10.1 Å². The lowest BCUT2D eigenvalue weighted by Gasteiger charge is -2.08. The average molecular weight is 343 g/mol. The number of phenolic OH excluding ortho intramolecular Hbond substituents is 1. The Morgan fingerprint density at radius 1 is 1.00 bits per heavy atom. The fourth-order valence-corrected chi connectivity index (χ4v) is 2.13. The molecule has 0 radical (unpaired) electrons. The van der Waals surface area contributed by atoms with Crippen molar-refractivity contribution in [3.8, 4) is 11.5 Å². The Hall–Kier alpha value is -3.35. The molecular formula is C18H17NO6.